The van der Waals surface area contributed by atoms with Crippen molar-refractivity contribution >= 4 is 0 Å². The van der Waals surface area contributed by atoms with Crippen molar-refractivity contribution in [3.8, 4) is 11.5 Å². The van der Waals surface area contributed by atoms with Crippen LogP contribution < -0.4 is 0 Å². The fourth-order valence-corrected chi connectivity index (χ4v) is 2.77. The minimum Gasteiger partial charge on any atom is -0.508 e. The van der Waals surface area contributed by atoms with Crippen LogP contribution >= 0.6 is 0 Å². The highest BCUT2D eigenvalue weighted by atomic mass is 16.3. The summed E-state index contributed by atoms with van der Waals surface area (Å²) >= 11 is 0. The zero-order chi connectivity index (χ0) is 17.4. The van der Waals surface area contributed by atoms with Crippen molar-refractivity contribution in [1.29, 1.82) is 0 Å². The van der Waals surface area contributed by atoms with Crippen LogP contribution in [0, 0.1) is 5.92 Å². The van der Waals surface area contributed by atoms with Crippen LogP contribution in [-0.4, -0.2) is 34.7 Å². The molecule has 0 aliphatic heterocycles. The molecule has 2 N–H and O–H groups in total. The lowest BCUT2D eigenvalue weighted by Crippen LogP contribution is -2.30. The van der Waals surface area contributed by atoms with Gasteiger partial charge in [0.25, 0.3) is 0 Å². The first-order valence-electron chi connectivity index (χ1n) is 8.81. The van der Waals surface area contributed by atoms with Gasteiger partial charge in [-0.25, -0.2) is 0 Å². The van der Waals surface area contributed by atoms with Gasteiger partial charge in [0.15, 0.2) is 0 Å². The van der Waals surface area contributed by atoms with Crippen LogP contribution in [0.5, 0.6) is 11.5 Å². The number of nitrogens with zero attached hydrogens (tertiary/aromatic N) is 1. The van der Waals surface area contributed by atoms with Crippen LogP contribution in [0.3, 0.4) is 0 Å². The van der Waals surface area contributed by atoms with Gasteiger partial charge in [0.05, 0.1) is 0 Å². The molecule has 2 rings (SSSR count). The summed E-state index contributed by atoms with van der Waals surface area (Å²) in [5.74, 6) is 1.36. The van der Waals surface area contributed by atoms with Crippen molar-refractivity contribution < 1.29 is 10.2 Å². The summed E-state index contributed by atoms with van der Waals surface area (Å²) in [6, 6.07) is 15.0. The molecule has 0 spiro atoms. The average molecular weight is 327 g/mol. The Morgan fingerprint density at radius 2 is 1.29 bits per heavy atom. The Morgan fingerprint density at radius 3 is 1.71 bits per heavy atom. The zero-order valence-corrected chi connectivity index (χ0v) is 14.8. The molecule has 0 aliphatic carbocycles. The first-order chi connectivity index (χ1) is 11.5. The lowest BCUT2D eigenvalue weighted by molar-refractivity contribution is 0.263. The smallest absolute Gasteiger partial charge is 0.115 e. The summed E-state index contributed by atoms with van der Waals surface area (Å²) in [6.45, 7) is 7.55. The van der Waals surface area contributed by atoms with Crippen molar-refractivity contribution in [1.82, 2.24) is 4.90 Å². The van der Waals surface area contributed by atoms with Crippen molar-refractivity contribution in [3.05, 3.63) is 59.7 Å². The highest BCUT2D eigenvalue weighted by molar-refractivity contribution is 5.28. The van der Waals surface area contributed by atoms with Gasteiger partial charge in [0.2, 0.25) is 0 Å². The maximum atomic E-state index is 9.60. The Kier molecular flexibility index (Phi) is 7.13. The molecule has 3 nitrogen and oxygen atoms in total. The largest absolute Gasteiger partial charge is 0.508 e. The van der Waals surface area contributed by atoms with E-state index in [1.54, 1.807) is 12.1 Å². The standard InChI is InChI=1S/C21H29NO2/c1-17(2)9-12-22(13-10-18-5-3-7-20(23)15-18)14-11-19-6-4-8-21(24)16-19/h3-8,15-17,23-24H,9-14H2,1-2H3. The van der Waals surface area contributed by atoms with Gasteiger partial charge in [-0.2, -0.15) is 0 Å². The van der Waals surface area contributed by atoms with Gasteiger partial charge in [-0.1, -0.05) is 38.1 Å². The quantitative estimate of drug-likeness (QED) is 0.724. The Morgan fingerprint density at radius 1 is 0.792 bits per heavy atom. The van der Waals surface area contributed by atoms with E-state index in [1.807, 2.05) is 24.3 Å². The molecule has 0 saturated carbocycles. The summed E-state index contributed by atoms with van der Waals surface area (Å²) in [7, 11) is 0. The monoisotopic (exact) mass is 327 g/mol. The van der Waals surface area contributed by atoms with Crippen molar-refractivity contribution in [2.45, 2.75) is 33.1 Å². The SMILES string of the molecule is CC(C)CCN(CCc1cccc(O)c1)CCc1cccc(O)c1. The minimum absolute atomic E-state index is 0.334. The highest BCUT2D eigenvalue weighted by Crippen LogP contribution is 2.14. The van der Waals surface area contributed by atoms with E-state index in [2.05, 4.69) is 30.9 Å². The molecule has 0 aliphatic rings. The number of phenols is 2. The predicted octanol–water partition coefficient (Wildman–Crippen LogP) is 4.23. The topological polar surface area (TPSA) is 43.7 Å². The molecule has 0 heterocycles. The van der Waals surface area contributed by atoms with Crippen molar-refractivity contribution in [2.75, 3.05) is 19.6 Å². The molecule has 0 bridgehead atoms. The van der Waals surface area contributed by atoms with Crippen molar-refractivity contribution in [2.24, 2.45) is 5.92 Å². The van der Waals surface area contributed by atoms with Crippen LogP contribution in [0.25, 0.3) is 0 Å². The third-order valence-corrected chi connectivity index (χ3v) is 4.28. The molecule has 0 atom stereocenters. The Labute approximate surface area is 145 Å². The van der Waals surface area contributed by atoms with Crippen molar-refractivity contribution in [3.63, 3.8) is 0 Å². The number of hydrogen-bond acceptors (Lipinski definition) is 3. The number of aromatic hydroxyl groups is 2. The van der Waals surface area contributed by atoms with Gasteiger partial charge in [-0.15, -0.1) is 0 Å². The number of benzene rings is 2. The molecule has 0 aromatic heterocycles. The maximum absolute atomic E-state index is 9.60. The molecule has 0 amide bonds. The van der Waals surface area contributed by atoms with E-state index in [4.69, 9.17) is 0 Å². The van der Waals surface area contributed by atoms with E-state index in [-0.39, 0.29) is 0 Å². The van der Waals surface area contributed by atoms with Gasteiger partial charge in [0.1, 0.15) is 11.5 Å². The average Bonchev–Trinajstić information content (AvgIpc) is 2.54. The summed E-state index contributed by atoms with van der Waals surface area (Å²) in [4.78, 5) is 2.48. The molecule has 3 heteroatoms. The maximum Gasteiger partial charge on any atom is 0.115 e. The third kappa shape index (κ3) is 6.63. The van der Waals surface area contributed by atoms with E-state index in [1.165, 1.54) is 17.5 Å². The second-order valence-electron chi connectivity index (χ2n) is 6.86. The van der Waals surface area contributed by atoms with E-state index in [9.17, 15) is 10.2 Å². The van der Waals surface area contributed by atoms with Crippen LogP contribution in [0.1, 0.15) is 31.4 Å². The Balaban J connectivity index is 1.90. The molecule has 0 fully saturated rings. The first kappa shape index (κ1) is 18.3. The summed E-state index contributed by atoms with van der Waals surface area (Å²) in [5, 5.41) is 19.2. The zero-order valence-electron chi connectivity index (χ0n) is 14.8. The van der Waals surface area contributed by atoms with Crippen LogP contribution in [0.4, 0.5) is 0 Å². The minimum atomic E-state index is 0.334. The summed E-state index contributed by atoms with van der Waals surface area (Å²) in [6.07, 6.45) is 3.05. The number of hydrogen-bond donors (Lipinski definition) is 2. The third-order valence-electron chi connectivity index (χ3n) is 4.28. The van der Waals surface area contributed by atoms with E-state index >= 15 is 0 Å². The van der Waals surface area contributed by atoms with Gasteiger partial charge < -0.3 is 15.1 Å². The molecule has 0 saturated heterocycles. The van der Waals surface area contributed by atoms with Gasteiger partial charge >= 0.3 is 0 Å². The van der Waals surface area contributed by atoms with Crippen LogP contribution in [-0.2, 0) is 12.8 Å². The fraction of sp³-hybridized carbons (Fsp3) is 0.429. The lowest BCUT2D eigenvalue weighted by Gasteiger charge is -2.23. The van der Waals surface area contributed by atoms with Crippen LogP contribution in [0.15, 0.2) is 48.5 Å². The molecule has 2 aromatic carbocycles. The second kappa shape index (κ2) is 9.33. The fourth-order valence-electron chi connectivity index (χ4n) is 2.77. The summed E-state index contributed by atoms with van der Waals surface area (Å²) < 4.78 is 0. The normalized spacial score (nSPS) is 11.3. The molecular formula is C21H29NO2. The molecule has 2 aromatic rings. The molecule has 0 radical (unpaired) electrons. The number of rotatable bonds is 9. The van der Waals surface area contributed by atoms with Crippen LogP contribution in [0.2, 0.25) is 0 Å². The number of phenolic OH excluding ortho intramolecular Hbond substituents is 2. The molecule has 130 valence electrons. The van der Waals surface area contributed by atoms with E-state index in [0.29, 0.717) is 17.4 Å². The van der Waals surface area contributed by atoms with Gasteiger partial charge in [-0.3, -0.25) is 0 Å². The molecular weight excluding hydrogens is 298 g/mol. The predicted molar refractivity (Wildman–Crippen MR) is 99.5 cm³/mol. The van der Waals surface area contributed by atoms with E-state index < -0.39 is 0 Å². The summed E-state index contributed by atoms with van der Waals surface area (Å²) in [5.41, 5.74) is 2.34. The molecule has 0 unspecified atom stereocenters. The Hall–Kier alpha value is -2.00. The first-order valence-corrected chi connectivity index (χ1v) is 8.81. The van der Waals surface area contributed by atoms with Gasteiger partial charge in [-0.05, 0) is 67.1 Å². The molecule has 24 heavy (non-hydrogen) atoms. The Bertz CT molecular complexity index is 575. The van der Waals surface area contributed by atoms with Gasteiger partial charge in [0, 0.05) is 13.1 Å². The van der Waals surface area contributed by atoms with E-state index in [0.717, 1.165) is 32.5 Å². The second-order valence-corrected chi connectivity index (χ2v) is 6.86. The highest BCUT2D eigenvalue weighted by Gasteiger charge is 2.08. The lowest BCUT2D eigenvalue weighted by atomic mass is 10.1.